The molecule has 0 saturated heterocycles. The molecule has 0 heterocycles. The second kappa shape index (κ2) is 7.97. The largest absolute Gasteiger partial charge is 0.493 e. The second-order valence-corrected chi connectivity index (χ2v) is 5.67. The van der Waals surface area contributed by atoms with Crippen LogP contribution < -0.4 is 14.8 Å². The Kier molecular flexibility index (Phi) is 5.98. The van der Waals surface area contributed by atoms with E-state index in [4.69, 9.17) is 9.47 Å². The highest BCUT2D eigenvalue weighted by molar-refractivity contribution is 9.10. The number of carbonyl (C=O) groups is 1. The Morgan fingerprint density at radius 2 is 1.87 bits per heavy atom. The van der Waals surface area contributed by atoms with E-state index in [1.165, 1.54) is 18.2 Å². The van der Waals surface area contributed by atoms with Gasteiger partial charge in [-0.25, -0.2) is 4.39 Å². The van der Waals surface area contributed by atoms with Crippen molar-refractivity contribution in [2.75, 3.05) is 20.8 Å². The third-order valence-corrected chi connectivity index (χ3v) is 3.98. The SMILES string of the molecule is COc1ccc(CCNC(=O)c2ccc(F)cc2Br)cc1OC. The molecule has 0 aliphatic rings. The van der Waals surface area contributed by atoms with Gasteiger partial charge in [-0.3, -0.25) is 4.79 Å². The van der Waals surface area contributed by atoms with E-state index in [1.54, 1.807) is 14.2 Å². The predicted octanol–water partition coefficient (Wildman–Crippen LogP) is 3.58. The normalized spacial score (nSPS) is 10.3. The van der Waals surface area contributed by atoms with E-state index < -0.39 is 5.82 Å². The maximum Gasteiger partial charge on any atom is 0.252 e. The number of halogens is 2. The molecule has 122 valence electrons. The quantitative estimate of drug-likeness (QED) is 0.831. The van der Waals surface area contributed by atoms with Gasteiger partial charge in [0, 0.05) is 11.0 Å². The fourth-order valence-electron chi connectivity index (χ4n) is 2.13. The van der Waals surface area contributed by atoms with Crippen molar-refractivity contribution >= 4 is 21.8 Å². The molecule has 0 bridgehead atoms. The smallest absolute Gasteiger partial charge is 0.252 e. The molecule has 6 heteroatoms. The highest BCUT2D eigenvalue weighted by Crippen LogP contribution is 2.27. The number of hydrogen-bond acceptors (Lipinski definition) is 3. The molecule has 0 aliphatic heterocycles. The number of benzene rings is 2. The van der Waals surface area contributed by atoms with E-state index in [0.717, 1.165) is 5.56 Å². The van der Waals surface area contributed by atoms with Crippen molar-refractivity contribution in [2.24, 2.45) is 0 Å². The molecule has 0 unspecified atom stereocenters. The Balaban J connectivity index is 1.95. The summed E-state index contributed by atoms with van der Waals surface area (Å²) in [6.07, 6.45) is 0.644. The Morgan fingerprint density at radius 1 is 1.13 bits per heavy atom. The molecule has 2 aromatic rings. The molecule has 2 rings (SSSR count). The van der Waals surface area contributed by atoms with E-state index in [2.05, 4.69) is 21.2 Å². The van der Waals surface area contributed by atoms with E-state index in [-0.39, 0.29) is 5.91 Å². The van der Waals surface area contributed by atoms with Gasteiger partial charge in [-0.05, 0) is 58.2 Å². The minimum Gasteiger partial charge on any atom is -0.493 e. The van der Waals surface area contributed by atoms with Crippen molar-refractivity contribution in [2.45, 2.75) is 6.42 Å². The average molecular weight is 382 g/mol. The fourth-order valence-corrected chi connectivity index (χ4v) is 2.66. The van der Waals surface area contributed by atoms with Crippen LogP contribution in [0.1, 0.15) is 15.9 Å². The molecule has 2 aromatic carbocycles. The van der Waals surface area contributed by atoms with Gasteiger partial charge in [0.15, 0.2) is 11.5 Å². The molecule has 0 atom stereocenters. The molecular formula is C17H17BrFNO3. The zero-order valence-electron chi connectivity index (χ0n) is 12.9. The van der Waals surface area contributed by atoms with Gasteiger partial charge in [0.25, 0.3) is 5.91 Å². The van der Waals surface area contributed by atoms with Crippen LogP contribution in [-0.2, 0) is 6.42 Å². The Morgan fingerprint density at radius 3 is 2.52 bits per heavy atom. The van der Waals surface area contributed by atoms with Gasteiger partial charge in [-0.15, -0.1) is 0 Å². The van der Waals surface area contributed by atoms with Gasteiger partial charge >= 0.3 is 0 Å². The fraction of sp³-hybridized carbons (Fsp3) is 0.235. The predicted molar refractivity (Wildman–Crippen MR) is 89.7 cm³/mol. The first-order chi connectivity index (χ1) is 11.0. The summed E-state index contributed by atoms with van der Waals surface area (Å²) in [6, 6.07) is 9.59. The van der Waals surface area contributed by atoms with Crippen LogP contribution in [0.4, 0.5) is 4.39 Å². The maximum atomic E-state index is 13.0. The summed E-state index contributed by atoms with van der Waals surface area (Å²) in [7, 11) is 3.16. The molecule has 0 radical (unpaired) electrons. The summed E-state index contributed by atoms with van der Waals surface area (Å²) in [4.78, 5) is 12.1. The van der Waals surface area contributed by atoms with Crippen LogP contribution in [0.25, 0.3) is 0 Å². The van der Waals surface area contributed by atoms with Crippen molar-refractivity contribution < 1.29 is 18.7 Å². The zero-order valence-corrected chi connectivity index (χ0v) is 14.4. The second-order valence-electron chi connectivity index (χ2n) is 4.82. The van der Waals surface area contributed by atoms with Gasteiger partial charge < -0.3 is 14.8 Å². The van der Waals surface area contributed by atoms with Gasteiger partial charge in [0.1, 0.15) is 5.82 Å². The number of carbonyl (C=O) groups excluding carboxylic acids is 1. The van der Waals surface area contributed by atoms with Gasteiger partial charge in [-0.1, -0.05) is 6.07 Å². The van der Waals surface area contributed by atoms with Gasteiger partial charge in [0.05, 0.1) is 19.8 Å². The van der Waals surface area contributed by atoms with Crippen LogP contribution in [0.5, 0.6) is 11.5 Å². The first kappa shape index (κ1) is 17.3. The number of amides is 1. The Labute approximate surface area is 142 Å². The van der Waals surface area contributed by atoms with E-state index in [0.29, 0.717) is 34.5 Å². The highest BCUT2D eigenvalue weighted by Gasteiger charge is 2.10. The molecular weight excluding hydrogens is 365 g/mol. The number of methoxy groups -OCH3 is 2. The molecule has 23 heavy (non-hydrogen) atoms. The summed E-state index contributed by atoms with van der Waals surface area (Å²) < 4.78 is 23.9. The molecule has 0 spiro atoms. The Bertz CT molecular complexity index is 706. The van der Waals surface area contributed by atoms with Crippen molar-refractivity contribution in [3.63, 3.8) is 0 Å². The average Bonchev–Trinajstić information content (AvgIpc) is 2.54. The molecule has 1 N–H and O–H groups in total. The number of hydrogen-bond donors (Lipinski definition) is 1. The third kappa shape index (κ3) is 4.45. The molecule has 1 amide bonds. The summed E-state index contributed by atoms with van der Waals surface area (Å²) in [5, 5.41) is 2.81. The topological polar surface area (TPSA) is 47.6 Å². The summed E-state index contributed by atoms with van der Waals surface area (Å²) in [5.74, 6) is 0.671. The van der Waals surface area contributed by atoms with Crippen LogP contribution in [0.15, 0.2) is 40.9 Å². The van der Waals surface area contributed by atoms with Crippen LogP contribution in [-0.4, -0.2) is 26.7 Å². The van der Waals surface area contributed by atoms with Crippen molar-refractivity contribution in [3.8, 4) is 11.5 Å². The minimum atomic E-state index is -0.390. The van der Waals surface area contributed by atoms with Crippen molar-refractivity contribution in [1.29, 1.82) is 0 Å². The molecule has 0 fully saturated rings. The van der Waals surface area contributed by atoms with E-state index >= 15 is 0 Å². The molecule has 0 aromatic heterocycles. The maximum absolute atomic E-state index is 13.0. The summed E-state index contributed by atoms with van der Waals surface area (Å²) in [5.41, 5.74) is 1.42. The van der Waals surface area contributed by atoms with E-state index in [1.807, 2.05) is 18.2 Å². The Hall–Kier alpha value is -2.08. The third-order valence-electron chi connectivity index (χ3n) is 3.32. The van der Waals surface area contributed by atoms with Crippen LogP contribution in [0.2, 0.25) is 0 Å². The minimum absolute atomic E-state index is 0.252. The lowest BCUT2D eigenvalue weighted by atomic mass is 10.1. The first-order valence-electron chi connectivity index (χ1n) is 6.99. The standard InChI is InChI=1S/C17H17BrFNO3/c1-22-15-6-3-11(9-16(15)23-2)7-8-20-17(21)13-5-4-12(19)10-14(13)18/h3-6,9-10H,7-8H2,1-2H3,(H,20,21). The molecule has 0 saturated carbocycles. The summed E-state index contributed by atoms with van der Waals surface area (Å²) >= 11 is 3.19. The number of ether oxygens (including phenoxy) is 2. The summed E-state index contributed by atoms with van der Waals surface area (Å²) in [6.45, 7) is 0.456. The van der Waals surface area contributed by atoms with Crippen molar-refractivity contribution in [1.82, 2.24) is 5.32 Å². The lowest BCUT2D eigenvalue weighted by Gasteiger charge is -2.10. The molecule has 0 aliphatic carbocycles. The van der Waals surface area contributed by atoms with Crippen LogP contribution in [0, 0.1) is 5.82 Å². The lowest BCUT2D eigenvalue weighted by molar-refractivity contribution is 0.0953. The number of rotatable bonds is 6. The lowest BCUT2D eigenvalue weighted by Crippen LogP contribution is -2.26. The number of nitrogens with one attached hydrogen (secondary N) is 1. The highest BCUT2D eigenvalue weighted by atomic mass is 79.9. The zero-order chi connectivity index (χ0) is 16.8. The van der Waals surface area contributed by atoms with Crippen molar-refractivity contribution in [3.05, 3.63) is 57.8 Å². The van der Waals surface area contributed by atoms with Gasteiger partial charge in [0.2, 0.25) is 0 Å². The first-order valence-corrected chi connectivity index (χ1v) is 7.78. The van der Waals surface area contributed by atoms with Crippen LogP contribution >= 0.6 is 15.9 Å². The monoisotopic (exact) mass is 381 g/mol. The van der Waals surface area contributed by atoms with Crippen LogP contribution in [0.3, 0.4) is 0 Å². The molecule has 4 nitrogen and oxygen atoms in total. The van der Waals surface area contributed by atoms with Gasteiger partial charge in [-0.2, -0.15) is 0 Å². The van der Waals surface area contributed by atoms with E-state index in [9.17, 15) is 9.18 Å².